The van der Waals surface area contributed by atoms with Gasteiger partial charge in [-0.15, -0.1) is 0 Å². The quantitative estimate of drug-likeness (QED) is 0.0265. The molecule has 0 saturated carbocycles. The van der Waals surface area contributed by atoms with Crippen LogP contribution in [-0.2, 0) is 86.3 Å². The Morgan fingerprint density at radius 3 is 1.20 bits per heavy atom. The number of nitrogens with two attached hydrogens (primary N) is 4. The first-order valence-electron chi connectivity index (χ1n) is 39.3. The number of carbonyl (C=O) groups is 18. The van der Waals surface area contributed by atoms with Crippen molar-refractivity contribution in [3.8, 4) is 0 Å². The molecule has 0 bridgehead atoms. The lowest BCUT2D eigenvalue weighted by atomic mass is 9.98. The third-order valence-electron chi connectivity index (χ3n) is 19.9. The Hall–Kier alpha value is -9.66. The zero-order valence-corrected chi connectivity index (χ0v) is 67.4. The van der Waals surface area contributed by atoms with Gasteiger partial charge >= 0.3 is 17.9 Å². The van der Waals surface area contributed by atoms with Gasteiger partial charge < -0.3 is 111 Å². The van der Waals surface area contributed by atoms with Crippen molar-refractivity contribution in [1.29, 1.82) is 0 Å². The fourth-order valence-electron chi connectivity index (χ4n) is 13.5. The van der Waals surface area contributed by atoms with E-state index in [0.29, 0.717) is 45.1 Å². The third kappa shape index (κ3) is 31.7. The van der Waals surface area contributed by atoms with Gasteiger partial charge in [-0.05, 0) is 153 Å². The molecule has 3 rings (SSSR count). The smallest absolute Gasteiger partial charge is 0.326 e. The molecule has 113 heavy (non-hydrogen) atoms. The average Bonchev–Trinajstić information content (AvgIpc) is 1.69. The maximum atomic E-state index is 14.7. The molecule has 3 saturated heterocycles. The molecule has 0 spiro atoms. The number of primary amides is 1. The summed E-state index contributed by atoms with van der Waals surface area (Å²) in [6.45, 7) is 20.6. The van der Waals surface area contributed by atoms with Gasteiger partial charge in [0.1, 0.15) is 84.6 Å². The molecule has 3 aliphatic rings. The molecular weight excluding hydrogens is 1480 g/mol. The number of amides is 15. The predicted molar refractivity (Wildman–Crippen MR) is 409 cm³/mol. The molecule has 0 radical (unpaired) electrons. The van der Waals surface area contributed by atoms with Crippen LogP contribution in [0.5, 0.6) is 0 Å². The molecule has 638 valence electrons. The average molecular weight is 1600 g/mol. The van der Waals surface area contributed by atoms with Gasteiger partial charge in [-0.25, -0.2) is 4.79 Å². The Labute approximate surface area is 659 Å². The van der Waals surface area contributed by atoms with E-state index < -0.39 is 247 Å². The van der Waals surface area contributed by atoms with Gasteiger partial charge in [-0.2, -0.15) is 0 Å². The second-order valence-corrected chi connectivity index (χ2v) is 31.4. The largest absolute Gasteiger partial charge is 0.481 e. The van der Waals surface area contributed by atoms with Crippen LogP contribution >= 0.6 is 0 Å². The second kappa shape index (κ2) is 47.8. The molecule has 39 nitrogen and oxygen atoms in total. The summed E-state index contributed by atoms with van der Waals surface area (Å²) in [4.78, 5) is 248. The molecule has 0 aromatic rings. The first kappa shape index (κ1) is 97.5. The summed E-state index contributed by atoms with van der Waals surface area (Å²) in [5.74, 6) is -18.6. The highest BCUT2D eigenvalue weighted by molar-refractivity contribution is 6.01. The summed E-state index contributed by atoms with van der Waals surface area (Å²) in [5.41, 5.74) is 22.7. The first-order valence-corrected chi connectivity index (χ1v) is 39.3. The van der Waals surface area contributed by atoms with Crippen molar-refractivity contribution < 1.29 is 102 Å². The lowest BCUT2D eigenvalue weighted by Gasteiger charge is -2.33. The minimum absolute atomic E-state index is 0.0231. The molecule has 22 N–H and O–H groups in total. The highest BCUT2D eigenvalue weighted by atomic mass is 16.4. The fourth-order valence-corrected chi connectivity index (χ4v) is 13.5. The SMILES string of the molecule is CC(C)C[C@H](NC(=O)[C@@H]1CCCN1C(=O)[C@@H](NC(=O)[C@@H]1CCCN1C(=O)[C@H](CCC(=O)O)NC(=O)[C@H](C)NC(=O)[C@H](C)NC(=O)[C@@H]1CCCN1C(=O)[C@H](CC(C)C)NC(=O)[C@@H](NC(=O)[C@@H](N)CCCCN)C(C)C)C(C)C)C(=O)N[C@H](C(=O)N[C@@H](CCCCN)C(=O)N[C@@H](CCC(N)=O)C(=O)N[C@@H](CC(=O)O)C(=O)O)C(C)C. The number of carbonyl (C=O) groups excluding carboxylic acids is 15. The molecule has 0 unspecified atom stereocenters. The van der Waals surface area contributed by atoms with Crippen LogP contribution in [0.2, 0.25) is 0 Å². The number of aliphatic carboxylic acids is 3. The summed E-state index contributed by atoms with van der Waals surface area (Å²) in [6, 6.07) is -19.8. The number of likely N-dealkylation sites (tertiary alicyclic amines) is 3. The van der Waals surface area contributed by atoms with Gasteiger partial charge in [0, 0.05) is 32.5 Å². The van der Waals surface area contributed by atoms with Crippen LogP contribution in [0.15, 0.2) is 0 Å². The number of unbranched alkanes of at least 4 members (excludes halogenated alkanes) is 2. The molecule has 0 aliphatic carbocycles. The molecule has 0 aromatic heterocycles. The number of hydrogen-bond donors (Lipinski definition) is 18. The number of carboxylic acids is 3. The molecule has 3 aliphatic heterocycles. The summed E-state index contributed by atoms with van der Waals surface area (Å²) in [7, 11) is 0. The van der Waals surface area contributed by atoms with E-state index in [9.17, 15) is 102 Å². The maximum Gasteiger partial charge on any atom is 0.326 e. The molecule has 39 heteroatoms. The van der Waals surface area contributed by atoms with Crippen LogP contribution in [0.3, 0.4) is 0 Å². The Morgan fingerprint density at radius 1 is 0.363 bits per heavy atom. The summed E-state index contributed by atoms with van der Waals surface area (Å²) < 4.78 is 0. The Morgan fingerprint density at radius 2 is 0.743 bits per heavy atom. The predicted octanol–water partition coefficient (Wildman–Crippen LogP) is -3.33. The van der Waals surface area contributed by atoms with Crippen molar-refractivity contribution in [2.24, 2.45) is 52.5 Å². The van der Waals surface area contributed by atoms with Gasteiger partial charge in [0.2, 0.25) is 88.6 Å². The van der Waals surface area contributed by atoms with E-state index in [2.05, 4.69) is 53.2 Å². The van der Waals surface area contributed by atoms with E-state index in [1.54, 1.807) is 55.4 Å². The number of nitrogens with one attached hydrogen (secondary N) is 11. The molecular formula is C74H126N18O21. The first-order chi connectivity index (χ1) is 53.0. The Kier molecular flexibility index (Phi) is 41.2. The highest BCUT2D eigenvalue weighted by Gasteiger charge is 2.46. The summed E-state index contributed by atoms with van der Waals surface area (Å²) in [5, 5.41) is 56.9. The standard InChI is InChI=1S/C74H126N18O21/c1-37(2)34-48(65(103)88-58(40(7)8)69(107)82-45(21-14-16-30-76)63(101)81-46(25-27-54(78)93)64(102)86-50(74(112)113)36-56(96)97)84-67(105)52-23-19-33-92(52)73(111)59(41(9)10)89-68(106)53-24-18-31-90(53)71(109)47(26-28-55(94)95)83-61(99)43(12)79-60(98)42(11)80-66(104)51-22-17-32-91(51)72(110)49(35-38(3)4)85-70(108)57(39(5)6)87-62(100)44(77)20-13-15-29-75/h37-53,57-59H,13-36,75-77H2,1-12H3,(H2,78,93)(H,79,98)(H,80,104)(H,81,101)(H,82,107)(H,83,99)(H,84,105)(H,85,108)(H,86,102)(H,87,100)(H,88,103)(H,89,106)(H,94,95)(H,96,97)(H,112,113)/t42-,43-,44-,45-,46-,47-,48-,49-,50-,51-,52-,53-,57-,58-,59-/m0/s1. The van der Waals surface area contributed by atoms with Crippen LogP contribution < -0.4 is 81.4 Å². The molecule has 15 amide bonds. The van der Waals surface area contributed by atoms with E-state index in [1.807, 2.05) is 19.2 Å². The van der Waals surface area contributed by atoms with Crippen LogP contribution in [-0.4, -0.2) is 260 Å². The van der Waals surface area contributed by atoms with Crippen molar-refractivity contribution in [2.45, 2.75) is 296 Å². The number of nitrogens with zero attached hydrogens (tertiary/aromatic N) is 3. The highest BCUT2D eigenvalue weighted by Crippen LogP contribution is 2.26. The van der Waals surface area contributed by atoms with E-state index in [-0.39, 0.29) is 89.4 Å². The van der Waals surface area contributed by atoms with E-state index in [4.69, 9.17) is 22.9 Å². The summed E-state index contributed by atoms with van der Waals surface area (Å²) >= 11 is 0. The van der Waals surface area contributed by atoms with Gasteiger partial charge in [0.25, 0.3) is 0 Å². The van der Waals surface area contributed by atoms with Gasteiger partial charge in [-0.1, -0.05) is 75.7 Å². The lowest BCUT2D eigenvalue weighted by molar-refractivity contribution is -0.147. The minimum Gasteiger partial charge on any atom is -0.481 e. The van der Waals surface area contributed by atoms with Crippen molar-refractivity contribution in [3.05, 3.63) is 0 Å². The summed E-state index contributed by atoms with van der Waals surface area (Å²) in [6.07, 6.45) is 0.748. The molecule has 0 aromatic carbocycles. The monoisotopic (exact) mass is 1600 g/mol. The second-order valence-electron chi connectivity index (χ2n) is 31.4. The van der Waals surface area contributed by atoms with E-state index in [0.717, 1.165) is 4.90 Å². The Balaban J connectivity index is 1.76. The van der Waals surface area contributed by atoms with Crippen molar-refractivity contribution >= 4 is 107 Å². The van der Waals surface area contributed by atoms with Crippen LogP contribution in [0.1, 0.15) is 205 Å². The van der Waals surface area contributed by atoms with Crippen LogP contribution in [0.25, 0.3) is 0 Å². The van der Waals surface area contributed by atoms with Crippen molar-refractivity contribution in [1.82, 2.24) is 73.2 Å². The molecule has 15 atom stereocenters. The minimum atomic E-state index is -1.93. The van der Waals surface area contributed by atoms with Gasteiger partial charge in [-0.3, -0.25) is 81.5 Å². The van der Waals surface area contributed by atoms with E-state index >= 15 is 0 Å². The Bertz CT molecular complexity index is 3340. The number of carboxylic acid groups (broad SMARTS) is 3. The van der Waals surface area contributed by atoms with Crippen molar-refractivity contribution in [2.75, 3.05) is 32.7 Å². The molecule has 3 heterocycles. The zero-order valence-electron chi connectivity index (χ0n) is 67.4. The topological polar surface area (TPSA) is 614 Å². The molecule has 3 fully saturated rings. The number of rotatable bonds is 49. The van der Waals surface area contributed by atoms with Crippen molar-refractivity contribution in [3.63, 3.8) is 0 Å². The third-order valence-corrected chi connectivity index (χ3v) is 19.9. The number of hydrogen-bond acceptors (Lipinski definition) is 21. The fraction of sp³-hybridized carbons (Fsp3) is 0.757. The zero-order chi connectivity index (χ0) is 85.4. The maximum absolute atomic E-state index is 14.7. The van der Waals surface area contributed by atoms with Gasteiger partial charge in [0.15, 0.2) is 0 Å². The normalized spacial score (nSPS) is 18.7. The van der Waals surface area contributed by atoms with Gasteiger partial charge in [0.05, 0.1) is 12.5 Å². The van der Waals surface area contributed by atoms with E-state index in [1.165, 1.54) is 23.6 Å². The van der Waals surface area contributed by atoms with Crippen LogP contribution in [0, 0.1) is 29.6 Å². The lowest BCUT2D eigenvalue weighted by Crippen LogP contribution is -2.61. The van der Waals surface area contributed by atoms with Crippen LogP contribution in [0.4, 0.5) is 0 Å².